The maximum atomic E-state index is 14.2. The number of carbonyl (C=O) groups excluding carboxylic acids is 2. The Labute approximate surface area is 231 Å². The molecule has 0 unspecified atom stereocenters. The lowest BCUT2D eigenvalue weighted by Gasteiger charge is -2.24. The van der Waals surface area contributed by atoms with Gasteiger partial charge in [0.1, 0.15) is 29.7 Å². The third kappa shape index (κ3) is 6.63. The number of benzene rings is 3. The first kappa shape index (κ1) is 28.3. The molecule has 0 spiro atoms. The molecule has 0 radical (unpaired) electrons. The monoisotopic (exact) mass is 547 g/mol. The number of ether oxygens (including phenoxy) is 1. The first-order valence-electron chi connectivity index (χ1n) is 12.8. The van der Waals surface area contributed by atoms with Gasteiger partial charge in [0.2, 0.25) is 5.91 Å². The fourth-order valence-electron chi connectivity index (χ4n) is 4.29. The molecule has 0 aliphatic carbocycles. The number of aromatic nitrogens is 2. The van der Waals surface area contributed by atoms with Crippen LogP contribution in [0.5, 0.6) is 5.75 Å². The lowest BCUT2D eigenvalue weighted by Crippen LogP contribution is -2.42. The number of nitrogens with one attached hydrogen (secondary N) is 2. The predicted molar refractivity (Wildman–Crippen MR) is 151 cm³/mol. The third-order valence-corrected chi connectivity index (χ3v) is 6.08. The van der Waals surface area contributed by atoms with E-state index in [4.69, 9.17) is 9.84 Å². The number of aryl methyl sites for hydroxylation is 1. The summed E-state index contributed by atoms with van der Waals surface area (Å²) in [6, 6.07) is 19.0. The summed E-state index contributed by atoms with van der Waals surface area (Å²) in [6.45, 7) is 5.56. The van der Waals surface area contributed by atoms with E-state index < -0.39 is 23.6 Å². The standard InChI is InChI=1S/C30H31F2N5O3/c1-19(2)17-36(30(39)33-26-15-10-22(31)16-25(26)32)18-27(38)34-29-28(21-8-6-5-7-9-21)20(3)35-37(29)23-11-13-24(40-4)14-12-23/h5-16,19H,17-18H2,1-4H3,(H,33,39)(H,34,38). The van der Waals surface area contributed by atoms with Gasteiger partial charge >= 0.3 is 6.03 Å². The summed E-state index contributed by atoms with van der Waals surface area (Å²) in [6.07, 6.45) is 0. The normalized spacial score (nSPS) is 10.9. The molecule has 3 amide bonds. The number of anilines is 2. The van der Waals surface area contributed by atoms with E-state index in [9.17, 15) is 18.4 Å². The zero-order valence-corrected chi connectivity index (χ0v) is 22.7. The van der Waals surface area contributed by atoms with Crippen LogP contribution < -0.4 is 15.4 Å². The molecule has 0 saturated heterocycles. The number of halogens is 2. The summed E-state index contributed by atoms with van der Waals surface area (Å²) >= 11 is 0. The molecule has 1 aromatic heterocycles. The van der Waals surface area contributed by atoms with Crippen LogP contribution >= 0.6 is 0 Å². The summed E-state index contributed by atoms with van der Waals surface area (Å²) in [5, 5.41) is 10.1. The number of hydrogen-bond acceptors (Lipinski definition) is 4. The third-order valence-electron chi connectivity index (χ3n) is 6.08. The minimum absolute atomic E-state index is 0.0172. The molecule has 10 heteroatoms. The van der Waals surface area contributed by atoms with Crippen LogP contribution in [0.4, 0.5) is 25.1 Å². The number of methoxy groups -OCH3 is 1. The van der Waals surface area contributed by atoms with Crippen LogP contribution in [0.2, 0.25) is 0 Å². The van der Waals surface area contributed by atoms with Gasteiger partial charge in [-0.15, -0.1) is 0 Å². The molecule has 0 atom stereocenters. The summed E-state index contributed by atoms with van der Waals surface area (Å²) in [4.78, 5) is 27.8. The molecule has 0 aliphatic heterocycles. The van der Waals surface area contributed by atoms with Crippen molar-refractivity contribution in [2.75, 3.05) is 30.8 Å². The Balaban J connectivity index is 1.64. The average molecular weight is 548 g/mol. The van der Waals surface area contributed by atoms with Crippen LogP contribution in [0.25, 0.3) is 16.8 Å². The van der Waals surface area contributed by atoms with Gasteiger partial charge in [-0.3, -0.25) is 4.79 Å². The van der Waals surface area contributed by atoms with Crippen molar-refractivity contribution in [2.24, 2.45) is 5.92 Å². The van der Waals surface area contributed by atoms with E-state index in [1.165, 1.54) is 4.90 Å². The van der Waals surface area contributed by atoms with Crippen molar-refractivity contribution in [3.05, 3.63) is 90.1 Å². The highest BCUT2D eigenvalue weighted by molar-refractivity contribution is 5.99. The van der Waals surface area contributed by atoms with Gasteiger partial charge in [-0.25, -0.2) is 18.3 Å². The largest absolute Gasteiger partial charge is 0.497 e. The molecule has 40 heavy (non-hydrogen) atoms. The Morgan fingerprint density at radius 2 is 1.70 bits per heavy atom. The molecule has 8 nitrogen and oxygen atoms in total. The zero-order valence-electron chi connectivity index (χ0n) is 22.7. The van der Waals surface area contributed by atoms with E-state index >= 15 is 0 Å². The van der Waals surface area contributed by atoms with Gasteiger partial charge in [0.15, 0.2) is 0 Å². The molecule has 1 heterocycles. The number of nitrogens with zero attached hydrogens (tertiary/aromatic N) is 3. The lowest BCUT2D eigenvalue weighted by molar-refractivity contribution is -0.116. The van der Waals surface area contributed by atoms with E-state index in [1.54, 1.807) is 23.9 Å². The maximum Gasteiger partial charge on any atom is 0.322 e. The smallest absolute Gasteiger partial charge is 0.322 e. The quantitative estimate of drug-likeness (QED) is 0.259. The van der Waals surface area contributed by atoms with E-state index in [2.05, 4.69) is 10.6 Å². The Morgan fingerprint density at radius 1 is 1.00 bits per heavy atom. The highest BCUT2D eigenvalue weighted by atomic mass is 19.1. The van der Waals surface area contributed by atoms with E-state index in [-0.39, 0.29) is 24.7 Å². The van der Waals surface area contributed by atoms with Crippen molar-refractivity contribution in [1.82, 2.24) is 14.7 Å². The number of urea groups is 1. The SMILES string of the molecule is COc1ccc(-n2nc(C)c(-c3ccccc3)c2NC(=O)CN(CC(C)C)C(=O)Nc2ccc(F)cc2F)cc1. The van der Waals surface area contributed by atoms with Gasteiger partial charge in [-0.1, -0.05) is 44.2 Å². The topological polar surface area (TPSA) is 88.5 Å². The van der Waals surface area contributed by atoms with Crippen LogP contribution in [0.15, 0.2) is 72.8 Å². The van der Waals surface area contributed by atoms with Crippen LogP contribution in [0, 0.1) is 24.5 Å². The van der Waals surface area contributed by atoms with E-state index in [0.717, 1.165) is 23.3 Å². The molecule has 3 aromatic carbocycles. The fourth-order valence-corrected chi connectivity index (χ4v) is 4.29. The van der Waals surface area contributed by atoms with Gasteiger partial charge < -0.3 is 20.3 Å². The number of carbonyl (C=O) groups is 2. The van der Waals surface area contributed by atoms with Gasteiger partial charge in [-0.05, 0) is 54.8 Å². The summed E-state index contributed by atoms with van der Waals surface area (Å²) < 4.78 is 34.4. The Bertz CT molecular complexity index is 1490. The highest BCUT2D eigenvalue weighted by Gasteiger charge is 2.24. The van der Waals surface area contributed by atoms with Gasteiger partial charge in [-0.2, -0.15) is 5.10 Å². The maximum absolute atomic E-state index is 14.2. The molecule has 4 rings (SSSR count). The zero-order chi connectivity index (χ0) is 28.8. The fraction of sp³-hybridized carbons (Fsp3) is 0.233. The molecule has 4 aromatic rings. The molecule has 0 aliphatic rings. The molecular weight excluding hydrogens is 516 g/mol. The summed E-state index contributed by atoms with van der Waals surface area (Å²) in [5.41, 5.74) is 2.81. The van der Waals surface area contributed by atoms with E-state index in [0.29, 0.717) is 29.0 Å². The molecular formula is C30H31F2N5O3. The van der Waals surface area contributed by atoms with Crippen LogP contribution in [0.3, 0.4) is 0 Å². The van der Waals surface area contributed by atoms with Crippen molar-refractivity contribution >= 4 is 23.4 Å². The minimum atomic E-state index is -0.909. The van der Waals surface area contributed by atoms with Gasteiger partial charge in [0.25, 0.3) is 0 Å². The Hall–Kier alpha value is -4.73. The predicted octanol–water partition coefficient (Wildman–Crippen LogP) is 6.26. The highest BCUT2D eigenvalue weighted by Crippen LogP contribution is 2.33. The first-order chi connectivity index (χ1) is 19.2. The number of amides is 3. The van der Waals surface area contributed by atoms with Crippen LogP contribution in [-0.4, -0.2) is 46.8 Å². The average Bonchev–Trinajstić information content (AvgIpc) is 3.25. The molecule has 0 fully saturated rings. The minimum Gasteiger partial charge on any atom is -0.497 e. The first-order valence-corrected chi connectivity index (χ1v) is 12.8. The van der Waals surface area contributed by atoms with Crippen molar-refractivity contribution in [3.8, 4) is 22.6 Å². The summed E-state index contributed by atoms with van der Waals surface area (Å²) in [5.74, 6) is -1.01. The Morgan fingerprint density at radius 3 is 2.33 bits per heavy atom. The summed E-state index contributed by atoms with van der Waals surface area (Å²) in [7, 11) is 1.58. The van der Waals surface area contributed by atoms with Crippen molar-refractivity contribution in [3.63, 3.8) is 0 Å². The second-order valence-electron chi connectivity index (χ2n) is 9.66. The van der Waals surface area contributed by atoms with Gasteiger partial charge in [0.05, 0.1) is 24.2 Å². The van der Waals surface area contributed by atoms with Crippen molar-refractivity contribution in [2.45, 2.75) is 20.8 Å². The number of hydrogen-bond donors (Lipinski definition) is 2. The van der Waals surface area contributed by atoms with Crippen molar-refractivity contribution in [1.29, 1.82) is 0 Å². The molecule has 0 saturated carbocycles. The number of rotatable bonds is 9. The van der Waals surface area contributed by atoms with Crippen LogP contribution in [-0.2, 0) is 4.79 Å². The molecule has 0 bridgehead atoms. The lowest BCUT2D eigenvalue weighted by atomic mass is 10.1. The van der Waals surface area contributed by atoms with Crippen molar-refractivity contribution < 1.29 is 23.1 Å². The Kier molecular flexibility index (Phi) is 8.78. The molecule has 2 N–H and O–H groups in total. The van der Waals surface area contributed by atoms with E-state index in [1.807, 2.05) is 63.2 Å². The molecule has 208 valence electrons. The second kappa shape index (κ2) is 12.4. The second-order valence-corrected chi connectivity index (χ2v) is 9.66. The van der Waals surface area contributed by atoms with Gasteiger partial charge in [0, 0.05) is 18.2 Å². The van der Waals surface area contributed by atoms with Crippen LogP contribution in [0.1, 0.15) is 19.5 Å².